The molecule has 0 amide bonds. The van der Waals surface area contributed by atoms with E-state index in [0.717, 1.165) is 15.8 Å². The Balaban J connectivity index is 2.56. The molecule has 1 aromatic carbocycles. The first-order valence-corrected chi connectivity index (χ1v) is 7.81. The van der Waals surface area contributed by atoms with Gasteiger partial charge in [0, 0.05) is 10.0 Å². The van der Waals surface area contributed by atoms with Crippen molar-refractivity contribution in [2.45, 2.75) is 18.9 Å². The summed E-state index contributed by atoms with van der Waals surface area (Å²) in [4.78, 5) is 20.0. The summed E-state index contributed by atoms with van der Waals surface area (Å²) in [6, 6.07) is 7.62. The number of aromatic nitrogens is 2. The van der Waals surface area contributed by atoms with Gasteiger partial charge in [0.25, 0.3) is 0 Å². The van der Waals surface area contributed by atoms with Crippen molar-refractivity contribution in [2.24, 2.45) is 0 Å². The fraction of sp³-hybridized carbons (Fsp3) is 0.214. The molecule has 0 bridgehead atoms. The molecule has 2 rings (SSSR count). The fourth-order valence-electron chi connectivity index (χ4n) is 1.76. The van der Waals surface area contributed by atoms with E-state index in [1.165, 1.54) is 11.8 Å². The van der Waals surface area contributed by atoms with Gasteiger partial charge in [0.2, 0.25) is 0 Å². The minimum Gasteiger partial charge on any atom is -0.478 e. The lowest BCUT2D eigenvalue weighted by Gasteiger charge is -2.09. The molecule has 2 aromatic rings. The third kappa shape index (κ3) is 3.19. The molecular formula is C14H13BrN2O2S. The zero-order chi connectivity index (χ0) is 14.7. The zero-order valence-electron chi connectivity index (χ0n) is 11.1. The molecule has 4 nitrogen and oxygen atoms in total. The molecule has 1 heterocycles. The predicted molar refractivity (Wildman–Crippen MR) is 83.3 cm³/mol. The Morgan fingerprint density at radius 3 is 2.50 bits per heavy atom. The highest BCUT2D eigenvalue weighted by Crippen LogP contribution is 2.26. The third-order valence-electron chi connectivity index (χ3n) is 2.65. The summed E-state index contributed by atoms with van der Waals surface area (Å²) in [5.74, 6) is 0.327. The van der Waals surface area contributed by atoms with Crippen LogP contribution in [0.3, 0.4) is 0 Å². The quantitative estimate of drug-likeness (QED) is 0.664. The number of hydrogen-bond acceptors (Lipinski definition) is 4. The highest BCUT2D eigenvalue weighted by atomic mass is 79.9. The van der Waals surface area contributed by atoms with Crippen LogP contribution in [0.2, 0.25) is 0 Å². The van der Waals surface area contributed by atoms with Crippen LogP contribution >= 0.6 is 27.7 Å². The van der Waals surface area contributed by atoms with Gasteiger partial charge < -0.3 is 5.11 Å². The fourth-order valence-corrected chi connectivity index (χ4v) is 2.83. The van der Waals surface area contributed by atoms with Gasteiger partial charge in [-0.3, -0.25) is 0 Å². The number of aromatic carboxylic acids is 1. The molecule has 0 atom stereocenters. The molecule has 0 spiro atoms. The van der Waals surface area contributed by atoms with E-state index in [1.807, 2.05) is 31.2 Å². The van der Waals surface area contributed by atoms with Crippen LogP contribution < -0.4 is 0 Å². The van der Waals surface area contributed by atoms with E-state index >= 15 is 0 Å². The van der Waals surface area contributed by atoms with Crippen LogP contribution in [0.5, 0.6) is 0 Å². The maximum absolute atomic E-state index is 11.3. The van der Waals surface area contributed by atoms with Gasteiger partial charge in [0.15, 0.2) is 5.82 Å². The summed E-state index contributed by atoms with van der Waals surface area (Å²) >= 11 is 4.80. The van der Waals surface area contributed by atoms with Crippen molar-refractivity contribution in [3.63, 3.8) is 0 Å². The Morgan fingerprint density at radius 1 is 1.30 bits per heavy atom. The van der Waals surface area contributed by atoms with Gasteiger partial charge in [0.1, 0.15) is 10.6 Å². The molecule has 6 heteroatoms. The van der Waals surface area contributed by atoms with E-state index in [4.69, 9.17) is 0 Å². The third-order valence-corrected chi connectivity index (χ3v) is 4.04. The molecule has 0 aliphatic carbocycles. The molecule has 20 heavy (non-hydrogen) atoms. The maximum Gasteiger partial charge on any atom is 0.340 e. The van der Waals surface area contributed by atoms with Crippen molar-refractivity contribution in [2.75, 3.05) is 5.75 Å². The van der Waals surface area contributed by atoms with Crippen molar-refractivity contribution in [1.82, 2.24) is 9.97 Å². The Morgan fingerprint density at radius 2 is 1.95 bits per heavy atom. The minimum atomic E-state index is -0.985. The first-order valence-electron chi connectivity index (χ1n) is 6.03. The number of halogens is 1. The van der Waals surface area contributed by atoms with E-state index in [-0.39, 0.29) is 5.56 Å². The predicted octanol–water partition coefficient (Wildman–Crippen LogP) is 4.02. The summed E-state index contributed by atoms with van der Waals surface area (Å²) in [5.41, 5.74) is 1.55. The van der Waals surface area contributed by atoms with Crippen molar-refractivity contribution < 1.29 is 9.90 Å². The van der Waals surface area contributed by atoms with Gasteiger partial charge in [0.05, 0.1) is 5.69 Å². The highest BCUT2D eigenvalue weighted by Gasteiger charge is 2.18. The van der Waals surface area contributed by atoms with E-state index in [1.54, 1.807) is 6.92 Å². The summed E-state index contributed by atoms with van der Waals surface area (Å²) in [6.45, 7) is 3.67. The van der Waals surface area contributed by atoms with Crippen LogP contribution in [0.4, 0.5) is 0 Å². The molecule has 1 N–H and O–H groups in total. The van der Waals surface area contributed by atoms with Gasteiger partial charge in [-0.1, -0.05) is 35.0 Å². The lowest BCUT2D eigenvalue weighted by Crippen LogP contribution is -2.08. The largest absolute Gasteiger partial charge is 0.478 e. The zero-order valence-corrected chi connectivity index (χ0v) is 13.5. The number of carboxylic acids is 1. The molecule has 0 fully saturated rings. The lowest BCUT2D eigenvalue weighted by atomic mass is 10.2. The number of hydrogen-bond donors (Lipinski definition) is 1. The number of aryl methyl sites for hydroxylation is 1. The van der Waals surface area contributed by atoms with E-state index < -0.39 is 5.97 Å². The normalized spacial score (nSPS) is 10.6. The van der Waals surface area contributed by atoms with Gasteiger partial charge in [-0.05, 0) is 24.8 Å². The molecule has 0 unspecified atom stereocenters. The standard InChI is InChI=1S/C14H13BrN2O2S/c1-3-20-13-11(14(18)19)8(2)16-12(17-13)9-4-6-10(15)7-5-9/h4-7H,3H2,1-2H3,(H,18,19). The number of carbonyl (C=O) groups is 1. The van der Waals surface area contributed by atoms with Crippen molar-refractivity contribution in [3.05, 3.63) is 40.0 Å². The second-order valence-corrected chi connectivity index (χ2v) is 6.23. The Labute approximate surface area is 129 Å². The summed E-state index contributed by atoms with van der Waals surface area (Å²) < 4.78 is 0.975. The first kappa shape index (κ1) is 15.0. The average Bonchev–Trinajstić information content (AvgIpc) is 2.38. The topological polar surface area (TPSA) is 63.1 Å². The second-order valence-electron chi connectivity index (χ2n) is 4.06. The smallest absolute Gasteiger partial charge is 0.340 e. The summed E-state index contributed by atoms with van der Waals surface area (Å²) in [5, 5.41) is 9.79. The molecule has 0 saturated carbocycles. The monoisotopic (exact) mass is 352 g/mol. The SMILES string of the molecule is CCSc1nc(-c2ccc(Br)cc2)nc(C)c1C(=O)O. The minimum absolute atomic E-state index is 0.192. The van der Waals surface area contributed by atoms with Crippen LogP contribution in [-0.4, -0.2) is 26.8 Å². The number of nitrogens with zero attached hydrogens (tertiary/aromatic N) is 2. The van der Waals surface area contributed by atoms with Crippen LogP contribution in [0.15, 0.2) is 33.8 Å². The van der Waals surface area contributed by atoms with Crippen LogP contribution in [-0.2, 0) is 0 Å². The van der Waals surface area contributed by atoms with Crippen LogP contribution in [0.1, 0.15) is 23.0 Å². The van der Waals surface area contributed by atoms with E-state index in [0.29, 0.717) is 16.5 Å². The van der Waals surface area contributed by atoms with Crippen molar-refractivity contribution in [1.29, 1.82) is 0 Å². The molecule has 0 aliphatic heterocycles. The highest BCUT2D eigenvalue weighted by molar-refractivity contribution is 9.10. The summed E-state index contributed by atoms with van der Waals surface area (Å²) in [7, 11) is 0. The molecule has 104 valence electrons. The van der Waals surface area contributed by atoms with Crippen molar-refractivity contribution >= 4 is 33.7 Å². The number of thioether (sulfide) groups is 1. The molecule has 0 saturated heterocycles. The summed E-state index contributed by atoms with van der Waals surface area (Å²) in [6.07, 6.45) is 0. The average molecular weight is 353 g/mol. The van der Waals surface area contributed by atoms with Crippen LogP contribution in [0, 0.1) is 6.92 Å². The second kappa shape index (κ2) is 6.37. The Bertz CT molecular complexity index is 644. The Kier molecular flexibility index (Phi) is 4.77. The molecular weight excluding hydrogens is 340 g/mol. The molecule has 0 radical (unpaired) electrons. The Hall–Kier alpha value is -1.40. The maximum atomic E-state index is 11.3. The van der Waals surface area contributed by atoms with Crippen molar-refractivity contribution in [3.8, 4) is 11.4 Å². The van der Waals surface area contributed by atoms with Gasteiger partial charge in [-0.15, -0.1) is 11.8 Å². The number of rotatable bonds is 4. The molecule has 1 aromatic heterocycles. The first-order chi connectivity index (χ1) is 9.52. The lowest BCUT2D eigenvalue weighted by molar-refractivity contribution is 0.0691. The van der Waals surface area contributed by atoms with Gasteiger partial charge >= 0.3 is 5.97 Å². The van der Waals surface area contributed by atoms with Gasteiger partial charge in [-0.25, -0.2) is 14.8 Å². The van der Waals surface area contributed by atoms with E-state index in [9.17, 15) is 9.90 Å². The van der Waals surface area contributed by atoms with Crippen LogP contribution in [0.25, 0.3) is 11.4 Å². The van der Waals surface area contributed by atoms with E-state index in [2.05, 4.69) is 25.9 Å². The number of benzene rings is 1. The number of carboxylic acid groups (broad SMARTS) is 1. The molecule has 0 aliphatic rings. The van der Waals surface area contributed by atoms with Gasteiger partial charge in [-0.2, -0.15) is 0 Å².